The Bertz CT molecular complexity index is 430. The van der Waals surface area contributed by atoms with E-state index in [0.29, 0.717) is 6.66 Å². The fourth-order valence-corrected chi connectivity index (χ4v) is 1.94. The van der Waals surface area contributed by atoms with Crippen molar-refractivity contribution < 1.29 is 53.0 Å². The van der Waals surface area contributed by atoms with Crippen molar-refractivity contribution in [2.24, 2.45) is 4.74 Å². The smallest absolute Gasteiger partial charge is 0.317 e. The van der Waals surface area contributed by atoms with Crippen LogP contribution in [0.2, 0.25) is 0 Å². The Hall–Kier alpha value is -0.550. The van der Waals surface area contributed by atoms with Gasteiger partial charge in [-0.2, -0.15) is 43.9 Å². The molecule has 0 aromatic heterocycles. The van der Waals surface area contributed by atoms with E-state index in [1.807, 2.05) is 0 Å². The van der Waals surface area contributed by atoms with Crippen molar-refractivity contribution in [3.05, 3.63) is 0 Å². The van der Waals surface area contributed by atoms with Gasteiger partial charge in [0.2, 0.25) is 7.51 Å². The molecule has 3 nitrogen and oxygen atoms in total. The first-order chi connectivity index (χ1) is 9.47. The standard InChI is InChI=1S/C8H10F10NO2P/c1-19-22(2,21-4-6(11,12)13)20-3-5(9,10)7(14,15)8(16,17)18/h3-4H2,1-2H3. The van der Waals surface area contributed by atoms with Crippen molar-refractivity contribution >= 4 is 7.51 Å². The summed E-state index contributed by atoms with van der Waals surface area (Å²) in [4.78, 5) is 0. The predicted octanol–water partition coefficient (Wildman–Crippen LogP) is 4.71. The molecule has 0 aliphatic heterocycles. The number of halogens is 10. The molecule has 0 spiro atoms. The number of rotatable bonds is 6. The zero-order chi connectivity index (χ0) is 18.0. The summed E-state index contributed by atoms with van der Waals surface area (Å²) >= 11 is 0. The monoisotopic (exact) mass is 373 g/mol. The molecule has 14 heteroatoms. The van der Waals surface area contributed by atoms with Crippen molar-refractivity contribution in [3.63, 3.8) is 0 Å². The van der Waals surface area contributed by atoms with E-state index in [2.05, 4.69) is 13.8 Å². The highest BCUT2D eigenvalue weighted by molar-refractivity contribution is 7.55. The van der Waals surface area contributed by atoms with Crippen molar-refractivity contribution in [1.29, 1.82) is 0 Å². The fraction of sp³-hybridized carbons (Fsp3) is 1.00. The highest BCUT2D eigenvalue weighted by Gasteiger charge is 2.73. The van der Waals surface area contributed by atoms with Crippen LogP contribution in [0.25, 0.3) is 0 Å². The van der Waals surface area contributed by atoms with Crippen molar-refractivity contribution in [2.75, 3.05) is 26.9 Å². The SMILES string of the molecule is CN=P(C)(OCC(F)(F)F)OCC(F)(F)C(F)(F)C(F)(F)F. The summed E-state index contributed by atoms with van der Waals surface area (Å²) in [7, 11) is -3.26. The van der Waals surface area contributed by atoms with Gasteiger partial charge in [-0.1, -0.05) is 0 Å². The minimum absolute atomic E-state index is 0.653. The zero-order valence-corrected chi connectivity index (χ0v) is 11.8. The van der Waals surface area contributed by atoms with Gasteiger partial charge in [0.1, 0.15) is 6.61 Å². The molecule has 0 saturated carbocycles. The number of nitrogens with zero attached hydrogens (tertiary/aromatic N) is 1. The van der Waals surface area contributed by atoms with Gasteiger partial charge in [-0.25, -0.2) is 0 Å². The van der Waals surface area contributed by atoms with Crippen molar-refractivity contribution in [2.45, 2.75) is 24.2 Å². The summed E-state index contributed by atoms with van der Waals surface area (Å²) in [6.45, 7) is -3.85. The summed E-state index contributed by atoms with van der Waals surface area (Å²) in [5.74, 6) is -12.1. The summed E-state index contributed by atoms with van der Waals surface area (Å²) in [6, 6.07) is 0. The molecule has 0 N–H and O–H groups in total. The molecule has 0 rings (SSSR count). The third kappa shape index (κ3) is 5.58. The molecular formula is C8H10F10NO2P. The fourth-order valence-electron chi connectivity index (χ4n) is 0.845. The zero-order valence-electron chi connectivity index (χ0n) is 10.9. The maximum atomic E-state index is 12.9. The molecule has 0 aromatic rings. The van der Waals surface area contributed by atoms with Crippen LogP contribution < -0.4 is 0 Å². The van der Waals surface area contributed by atoms with Gasteiger partial charge in [-0.3, -0.25) is 4.74 Å². The Labute approximate surface area is 117 Å². The Morgan fingerprint density at radius 3 is 1.55 bits per heavy atom. The molecule has 0 aromatic carbocycles. The minimum Gasteiger partial charge on any atom is -0.317 e. The second-order valence-corrected chi connectivity index (χ2v) is 6.46. The first-order valence-electron chi connectivity index (χ1n) is 5.13. The molecule has 0 aliphatic rings. The van der Waals surface area contributed by atoms with E-state index in [1.54, 1.807) is 0 Å². The normalized spacial score (nSPS) is 17.3. The largest absolute Gasteiger partial charge is 0.459 e. The van der Waals surface area contributed by atoms with E-state index >= 15 is 0 Å². The molecule has 1 atom stereocenters. The molecule has 0 aliphatic carbocycles. The van der Waals surface area contributed by atoms with E-state index in [0.717, 1.165) is 7.05 Å². The third-order valence-electron chi connectivity index (χ3n) is 2.13. The van der Waals surface area contributed by atoms with Crippen LogP contribution in [0.15, 0.2) is 4.74 Å². The van der Waals surface area contributed by atoms with Gasteiger partial charge in [-0.05, 0) is 0 Å². The lowest BCUT2D eigenvalue weighted by molar-refractivity contribution is -0.358. The summed E-state index contributed by atoms with van der Waals surface area (Å²) < 4.78 is 134. The highest BCUT2D eigenvalue weighted by atomic mass is 31.2. The number of hydrogen-bond donors (Lipinski definition) is 0. The van der Waals surface area contributed by atoms with Crippen molar-refractivity contribution in [3.8, 4) is 0 Å². The molecule has 22 heavy (non-hydrogen) atoms. The van der Waals surface area contributed by atoms with Gasteiger partial charge in [0.15, 0.2) is 6.61 Å². The molecule has 0 bridgehead atoms. The Balaban J connectivity index is 5.03. The Morgan fingerprint density at radius 1 is 0.818 bits per heavy atom. The Morgan fingerprint density at radius 2 is 1.23 bits per heavy atom. The second kappa shape index (κ2) is 6.52. The molecule has 0 radical (unpaired) electrons. The van der Waals surface area contributed by atoms with Crippen LogP contribution in [0.3, 0.4) is 0 Å². The van der Waals surface area contributed by atoms with Crippen LogP contribution in [0, 0.1) is 0 Å². The lowest BCUT2D eigenvalue weighted by Crippen LogP contribution is -2.54. The summed E-state index contributed by atoms with van der Waals surface area (Å²) in [6.07, 6.45) is -11.5. The highest BCUT2D eigenvalue weighted by Crippen LogP contribution is 2.52. The summed E-state index contributed by atoms with van der Waals surface area (Å²) in [5, 5.41) is 0. The number of hydrogen-bond acceptors (Lipinski definition) is 3. The topological polar surface area (TPSA) is 30.8 Å². The molecule has 0 heterocycles. The van der Waals surface area contributed by atoms with Gasteiger partial charge in [-0.15, -0.1) is 0 Å². The first kappa shape index (κ1) is 21.4. The summed E-state index contributed by atoms with van der Waals surface area (Å²) in [5.41, 5.74) is 0. The molecule has 134 valence electrons. The van der Waals surface area contributed by atoms with E-state index in [1.165, 1.54) is 0 Å². The third-order valence-corrected chi connectivity index (χ3v) is 4.07. The average molecular weight is 373 g/mol. The van der Waals surface area contributed by atoms with Crippen LogP contribution >= 0.6 is 7.51 Å². The molecule has 0 saturated heterocycles. The molecular weight excluding hydrogens is 363 g/mol. The lowest BCUT2D eigenvalue weighted by atomic mass is 10.2. The minimum atomic E-state index is -6.56. The van der Waals surface area contributed by atoms with Gasteiger partial charge in [0.05, 0.1) is 0 Å². The van der Waals surface area contributed by atoms with Gasteiger partial charge < -0.3 is 9.05 Å². The second-order valence-electron chi connectivity index (χ2n) is 3.94. The van der Waals surface area contributed by atoms with Gasteiger partial charge in [0, 0.05) is 13.7 Å². The van der Waals surface area contributed by atoms with Gasteiger partial charge >= 0.3 is 24.2 Å². The average Bonchev–Trinajstić information content (AvgIpc) is 2.31. The molecule has 0 fully saturated rings. The van der Waals surface area contributed by atoms with Crippen molar-refractivity contribution in [1.82, 2.24) is 0 Å². The molecule has 1 unspecified atom stereocenters. The first-order valence-corrected chi connectivity index (χ1v) is 7.16. The van der Waals surface area contributed by atoms with Crippen LogP contribution in [-0.2, 0) is 9.05 Å². The van der Waals surface area contributed by atoms with Crippen LogP contribution in [0.1, 0.15) is 0 Å². The van der Waals surface area contributed by atoms with E-state index in [-0.39, 0.29) is 0 Å². The lowest BCUT2D eigenvalue weighted by Gasteiger charge is -2.29. The van der Waals surface area contributed by atoms with Gasteiger partial charge in [0.25, 0.3) is 0 Å². The van der Waals surface area contributed by atoms with E-state index in [9.17, 15) is 43.9 Å². The predicted molar refractivity (Wildman–Crippen MR) is 55.1 cm³/mol. The number of alkyl halides is 10. The maximum Gasteiger partial charge on any atom is 0.459 e. The quantitative estimate of drug-likeness (QED) is 0.499. The van der Waals surface area contributed by atoms with Crippen LogP contribution in [0.4, 0.5) is 43.9 Å². The van der Waals surface area contributed by atoms with Crippen LogP contribution in [0.5, 0.6) is 0 Å². The molecule has 0 amide bonds. The van der Waals surface area contributed by atoms with E-state index in [4.69, 9.17) is 0 Å². The van der Waals surface area contributed by atoms with Crippen LogP contribution in [-0.4, -0.2) is 51.1 Å². The maximum absolute atomic E-state index is 12.9. The van der Waals surface area contributed by atoms with E-state index < -0.39 is 44.9 Å². The Kier molecular flexibility index (Phi) is 6.36.